The van der Waals surface area contributed by atoms with Crippen molar-refractivity contribution in [1.29, 1.82) is 0 Å². The number of hydrogen-bond acceptors (Lipinski definition) is 4. The minimum absolute atomic E-state index is 0.657. The van der Waals surface area contributed by atoms with E-state index in [9.17, 15) is 4.79 Å². The fourth-order valence-electron chi connectivity index (χ4n) is 0.310. The molecule has 11 heavy (non-hydrogen) atoms. The summed E-state index contributed by atoms with van der Waals surface area (Å²) in [6, 6.07) is 4.04. The van der Waals surface area contributed by atoms with Crippen LogP contribution in [0.3, 0.4) is 0 Å². The van der Waals surface area contributed by atoms with Gasteiger partial charge in [-0.1, -0.05) is 12.1 Å². The van der Waals surface area contributed by atoms with Crippen molar-refractivity contribution >= 4 is 17.5 Å². The Morgan fingerprint density at radius 1 is 1.18 bits per heavy atom. The average Bonchev–Trinajstić information content (AvgIpc) is 2.60. The lowest BCUT2D eigenvalue weighted by Crippen LogP contribution is -1.97. The van der Waals surface area contributed by atoms with Crippen LogP contribution in [0.1, 0.15) is 0 Å². The van der Waals surface area contributed by atoms with Crippen molar-refractivity contribution in [2.24, 2.45) is 0 Å². The first-order chi connectivity index (χ1) is 5.31. The van der Waals surface area contributed by atoms with Crippen LogP contribution in [0.2, 0.25) is 0 Å². The third-order valence-corrected chi connectivity index (χ3v) is 1.39. The Kier molecular flexibility index (Phi) is 6.42. The van der Waals surface area contributed by atoms with Gasteiger partial charge in [0, 0.05) is 0 Å². The molecule has 0 bridgehead atoms. The maximum absolute atomic E-state index is 9.74. The molecule has 1 rings (SSSR count). The van der Waals surface area contributed by atoms with E-state index in [4.69, 9.17) is 0 Å². The van der Waals surface area contributed by atoms with E-state index < -0.39 is 6.16 Å². The highest BCUT2D eigenvalue weighted by Crippen LogP contribution is 1.91. The number of carbonyl (C=O) groups is 1. The molecule has 4 heteroatoms. The van der Waals surface area contributed by atoms with Crippen LogP contribution in [0.25, 0.3) is 0 Å². The van der Waals surface area contributed by atoms with Crippen LogP contribution < -0.4 is 0 Å². The normalized spacial score (nSPS) is 7.45. The van der Waals surface area contributed by atoms with Gasteiger partial charge >= 0.3 is 6.16 Å². The van der Waals surface area contributed by atoms with Gasteiger partial charge in [0.15, 0.2) is 0 Å². The molecule has 1 heterocycles. The van der Waals surface area contributed by atoms with Gasteiger partial charge in [-0.05, 0) is 10.8 Å². The Hall–Kier alpha value is -1.03. The molecule has 0 spiro atoms. The standard InChI is InChI=1S/C4H4S.C3H6O3/c1-2-4-5-3-1;1-5-3(4)6-2/h1-4H;1-2H3. The molecule has 0 amide bonds. The largest absolute Gasteiger partial charge is 0.507 e. The van der Waals surface area contributed by atoms with Crippen LogP contribution in [0.15, 0.2) is 22.9 Å². The van der Waals surface area contributed by atoms with Crippen molar-refractivity contribution in [1.82, 2.24) is 0 Å². The number of rotatable bonds is 0. The highest BCUT2D eigenvalue weighted by atomic mass is 32.1. The predicted molar refractivity (Wildman–Crippen MR) is 43.7 cm³/mol. The highest BCUT2D eigenvalue weighted by molar-refractivity contribution is 7.07. The Morgan fingerprint density at radius 3 is 1.73 bits per heavy atom. The van der Waals surface area contributed by atoms with Gasteiger partial charge in [-0.15, -0.1) is 0 Å². The fourth-order valence-corrected chi connectivity index (χ4v) is 0.764. The van der Waals surface area contributed by atoms with E-state index >= 15 is 0 Å². The number of hydrogen-bond donors (Lipinski definition) is 0. The second kappa shape index (κ2) is 7.08. The summed E-state index contributed by atoms with van der Waals surface area (Å²) in [4.78, 5) is 9.74. The molecule has 0 aliphatic heterocycles. The summed E-state index contributed by atoms with van der Waals surface area (Å²) in [7, 11) is 2.51. The lowest BCUT2D eigenvalue weighted by atomic mass is 10.7. The highest BCUT2D eigenvalue weighted by Gasteiger charge is 1.88. The lowest BCUT2D eigenvalue weighted by Gasteiger charge is -1.89. The molecular weight excluding hydrogens is 164 g/mol. The summed E-state index contributed by atoms with van der Waals surface area (Å²) >= 11 is 1.71. The van der Waals surface area contributed by atoms with Crippen LogP contribution in [-0.4, -0.2) is 20.4 Å². The van der Waals surface area contributed by atoms with Crippen molar-refractivity contribution in [2.75, 3.05) is 14.2 Å². The third kappa shape index (κ3) is 6.86. The van der Waals surface area contributed by atoms with Gasteiger partial charge in [0.05, 0.1) is 14.2 Å². The van der Waals surface area contributed by atoms with Gasteiger partial charge in [-0.3, -0.25) is 0 Å². The summed E-state index contributed by atoms with van der Waals surface area (Å²) in [5, 5.41) is 4.08. The van der Waals surface area contributed by atoms with Crippen molar-refractivity contribution in [3.8, 4) is 0 Å². The molecule has 3 nitrogen and oxygen atoms in total. The summed E-state index contributed by atoms with van der Waals surface area (Å²) in [6.45, 7) is 0. The Bertz CT molecular complexity index is 149. The van der Waals surface area contributed by atoms with Gasteiger partial charge in [0.2, 0.25) is 0 Å². The van der Waals surface area contributed by atoms with Crippen molar-refractivity contribution in [3.63, 3.8) is 0 Å². The zero-order chi connectivity index (χ0) is 8.53. The first kappa shape index (κ1) is 9.97. The molecule has 0 atom stereocenters. The molecule has 0 aliphatic carbocycles. The number of thiophene rings is 1. The van der Waals surface area contributed by atoms with E-state index in [2.05, 4.69) is 9.47 Å². The number of ether oxygens (including phenoxy) is 2. The molecule has 0 unspecified atom stereocenters. The third-order valence-electron chi connectivity index (χ3n) is 0.759. The first-order valence-corrected chi connectivity index (χ1v) is 3.84. The smallest absolute Gasteiger partial charge is 0.438 e. The maximum atomic E-state index is 9.74. The second-order valence-electron chi connectivity index (χ2n) is 1.45. The molecule has 0 saturated heterocycles. The maximum Gasteiger partial charge on any atom is 0.507 e. The number of carbonyl (C=O) groups excluding carboxylic acids is 1. The van der Waals surface area contributed by atoms with Crippen LogP contribution in [0.5, 0.6) is 0 Å². The summed E-state index contributed by atoms with van der Waals surface area (Å²) in [5.41, 5.74) is 0. The Labute approximate surface area is 69.6 Å². The summed E-state index contributed by atoms with van der Waals surface area (Å²) in [6.07, 6.45) is -0.657. The minimum Gasteiger partial charge on any atom is -0.438 e. The summed E-state index contributed by atoms with van der Waals surface area (Å²) < 4.78 is 8.08. The zero-order valence-electron chi connectivity index (χ0n) is 6.44. The van der Waals surface area contributed by atoms with Crippen LogP contribution in [0.4, 0.5) is 4.79 Å². The van der Waals surface area contributed by atoms with Gasteiger partial charge in [0.25, 0.3) is 0 Å². The lowest BCUT2D eigenvalue weighted by molar-refractivity contribution is 0.0924. The van der Waals surface area contributed by atoms with Gasteiger partial charge in [-0.2, -0.15) is 11.3 Å². The molecule has 1 aromatic heterocycles. The molecule has 0 aromatic carbocycles. The van der Waals surface area contributed by atoms with Crippen molar-refractivity contribution in [3.05, 3.63) is 22.9 Å². The summed E-state index contributed by atoms with van der Waals surface area (Å²) in [5.74, 6) is 0. The van der Waals surface area contributed by atoms with E-state index in [0.29, 0.717) is 0 Å². The van der Waals surface area contributed by atoms with E-state index in [-0.39, 0.29) is 0 Å². The molecule has 0 aliphatic rings. The average molecular weight is 174 g/mol. The van der Waals surface area contributed by atoms with E-state index in [0.717, 1.165) is 0 Å². The van der Waals surface area contributed by atoms with Crippen LogP contribution in [0, 0.1) is 0 Å². The monoisotopic (exact) mass is 174 g/mol. The Balaban J connectivity index is 0.000000183. The minimum atomic E-state index is -0.657. The quantitative estimate of drug-likeness (QED) is 0.565. The van der Waals surface area contributed by atoms with Crippen LogP contribution in [-0.2, 0) is 9.47 Å². The predicted octanol–water partition coefficient (Wildman–Crippen LogP) is 2.15. The first-order valence-electron chi connectivity index (χ1n) is 2.90. The van der Waals surface area contributed by atoms with Crippen LogP contribution >= 0.6 is 11.3 Å². The molecule has 0 saturated carbocycles. The molecular formula is C7H10O3S. The fraction of sp³-hybridized carbons (Fsp3) is 0.286. The second-order valence-corrected chi connectivity index (χ2v) is 2.27. The number of methoxy groups -OCH3 is 2. The van der Waals surface area contributed by atoms with Crippen molar-refractivity contribution < 1.29 is 14.3 Å². The Morgan fingerprint density at radius 2 is 1.64 bits per heavy atom. The zero-order valence-corrected chi connectivity index (χ0v) is 7.26. The molecule has 0 radical (unpaired) electrons. The van der Waals surface area contributed by atoms with Gasteiger partial charge in [-0.25, -0.2) is 4.79 Å². The van der Waals surface area contributed by atoms with E-state index in [1.807, 2.05) is 22.9 Å². The topological polar surface area (TPSA) is 35.5 Å². The van der Waals surface area contributed by atoms with Crippen molar-refractivity contribution in [2.45, 2.75) is 0 Å². The molecule has 0 N–H and O–H groups in total. The molecule has 0 fully saturated rings. The van der Waals surface area contributed by atoms with Gasteiger partial charge in [0.1, 0.15) is 0 Å². The molecule has 1 aromatic rings. The SMILES string of the molecule is COC(=O)OC.c1ccsc1. The van der Waals surface area contributed by atoms with E-state index in [1.165, 1.54) is 14.2 Å². The van der Waals surface area contributed by atoms with Gasteiger partial charge < -0.3 is 9.47 Å². The van der Waals surface area contributed by atoms with E-state index in [1.54, 1.807) is 11.3 Å². The molecule has 62 valence electrons.